The largest absolute Gasteiger partial charge is 0.378 e. The van der Waals surface area contributed by atoms with Crippen molar-refractivity contribution >= 4 is 0 Å². The molecule has 19 heavy (non-hydrogen) atoms. The fourth-order valence-electron chi connectivity index (χ4n) is 2.77. The number of rotatable bonds is 7. The molecule has 0 bridgehead atoms. The van der Waals surface area contributed by atoms with Crippen molar-refractivity contribution in [3.63, 3.8) is 0 Å². The highest BCUT2D eigenvalue weighted by Crippen LogP contribution is 2.20. The van der Waals surface area contributed by atoms with Gasteiger partial charge in [0, 0.05) is 37.0 Å². The quantitative estimate of drug-likeness (QED) is 0.821. The molecule has 0 radical (unpaired) electrons. The Morgan fingerprint density at radius 2 is 2.32 bits per heavy atom. The van der Waals surface area contributed by atoms with Gasteiger partial charge in [-0.15, -0.1) is 0 Å². The summed E-state index contributed by atoms with van der Waals surface area (Å²) in [7, 11) is 0. The number of nitrogens with one attached hydrogen (secondary N) is 1. The summed E-state index contributed by atoms with van der Waals surface area (Å²) in [5.41, 5.74) is 2.67. The van der Waals surface area contributed by atoms with Crippen LogP contribution in [0, 0.1) is 6.92 Å². The van der Waals surface area contributed by atoms with E-state index in [2.05, 4.69) is 22.0 Å². The van der Waals surface area contributed by atoms with Crippen LogP contribution in [-0.2, 0) is 17.8 Å². The van der Waals surface area contributed by atoms with E-state index in [1.807, 2.05) is 6.20 Å². The summed E-state index contributed by atoms with van der Waals surface area (Å²) in [6, 6.07) is 0.766. The number of ether oxygens (including phenoxy) is 1. The molecule has 4 heteroatoms. The highest BCUT2D eigenvalue weighted by atomic mass is 16.5. The average molecular weight is 263 g/mol. The van der Waals surface area contributed by atoms with Crippen LogP contribution in [0.15, 0.2) is 6.20 Å². The maximum Gasteiger partial charge on any atom is 0.0576 e. The Hall–Kier alpha value is -0.870. The predicted octanol–water partition coefficient (Wildman–Crippen LogP) is 2.40. The Morgan fingerprint density at radius 3 is 3.05 bits per heavy atom. The molecule has 0 amide bonds. The summed E-state index contributed by atoms with van der Waals surface area (Å²) in [5, 5.41) is 8.07. The molecule has 1 aromatic heterocycles. The summed E-state index contributed by atoms with van der Waals surface area (Å²) < 4.78 is 7.81. The fourth-order valence-corrected chi connectivity index (χ4v) is 2.77. The molecule has 2 fully saturated rings. The van der Waals surface area contributed by atoms with Crippen molar-refractivity contribution in [1.29, 1.82) is 0 Å². The molecule has 4 nitrogen and oxygen atoms in total. The van der Waals surface area contributed by atoms with Gasteiger partial charge in [0.25, 0.3) is 0 Å². The van der Waals surface area contributed by atoms with Crippen molar-refractivity contribution in [2.75, 3.05) is 6.61 Å². The van der Waals surface area contributed by atoms with Crippen LogP contribution in [-0.4, -0.2) is 28.5 Å². The Morgan fingerprint density at radius 1 is 1.42 bits per heavy atom. The van der Waals surface area contributed by atoms with Gasteiger partial charge in [0.2, 0.25) is 0 Å². The maximum atomic E-state index is 5.66. The number of aryl methyl sites for hydroxylation is 1. The summed E-state index contributed by atoms with van der Waals surface area (Å²) in [4.78, 5) is 0. The minimum atomic E-state index is 0.506. The molecular weight excluding hydrogens is 238 g/mol. The fraction of sp³-hybridized carbons (Fsp3) is 0.800. The third kappa shape index (κ3) is 3.57. The Balaban J connectivity index is 1.44. The van der Waals surface area contributed by atoms with Crippen LogP contribution in [0.2, 0.25) is 0 Å². The second-order valence-corrected chi connectivity index (χ2v) is 5.91. The van der Waals surface area contributed by atoms with Gasteiger partial charge in [-0.25, -0.2) is 0 Å². The van der Waals surface area contributed by atoms with Gasteiger partial charge in [-0.05, 0) is 45.4 Å². The number of hydrogen-bond donors (Lipinski definition) is 1. The Kier molecular flexibility index (Phi) is 4.18. The van der Waals surface area contributed by atoms with Crippen molar-refractivity contribution in [3.05, 3.63) is 17.5 Å². The van der Waals surface area contributed by atoms with Crippen molar-refractivity contribution in [2.45, 2.75) is 70.7 Å². The molecule has 1 unspecified atom stereocenters. The average Bonchev–Trinajstić information content (AvgIpc) is 2.98. The van der Waals surface area contributed by atoms with Crippen molar-refractivity contribution in [1.82, 2.24) is 15.1 Å². The van der Waals surface area contributed by atoms with E-state index in [-0.39, 0.29) is 0 Å². The highest BCUT2D eigenvalue weighted by molar-refractivity contribution is 5.16. The van der Waals surface area contributed by atoms with Crippen LogP contribution in [0.1, 0.15) is 49.8 Å². The van der Waals surface area contributed by atoms with Crippen LogP contribution in [0.4, 0.5) is 0 Å². The van der Waals surface area contributed by atoms with Crippen molar-refractivity contribution in [2.24, 2.45) is 0 Å². The lowest BCUT2D eigenvalue weighted by Gasteiger charge is -2.10. The first kappa shape index (κ1) is 13.1. The molecule has 3 rings (SSSR count). The predicted molar refractivity (Wildman–Crippen MR) is 75.0 cm³/mol. The van der Waals surface area contributed by atoms with Crippen molar-refractivity contribution < 1.29 is 4.74 Å². The lowest BCUT2D eigenvalue weighted by molar-refractivity contribution is 0.101. The third-order valence-corrected chi connectivity index (χ3v) is 4.28. The molecule has 1 aromatic rings. The van der Waals surface area contributed by atoms with Crippen LogP contribution in [0.3, 0.4) is 0 Å². The second kappa shape index (κ2) is 6.06. The third-order valence-electron chi connectivity index (χ3n) is 4.28. The SMILES string of the molecule is Cc1c(CNC2CC2)cnn1CCCC1CCCO1. The molecule has 2 heterocycles. The zero-order valence-corrected chi connectivity index (χ0v) is 11.9. The minimum absolute atomic E-state index is 0.506. The Bertz CT molecular complexity index is 406. The van der Waals surface area contributed by atoms with E-state index < -0.39 is 0 Å². The number of aromatic nitrogens is 2. The van der Waals surface area contributed by atoms with E-state index in [1.54, 1.807) is 0 Å². The van der Waals surface area contributed by atoms with Gasteiger partial charge in [0.15, 0.2) is 0 Å². The van der Waals surface area contributed by atoms with Gasteiger partial charge in [0.05, 0.1) is 12.3 Å². The van der Waals surface area contributed by atoms with E-state index in [0.29, 0.717) is 6.10 Å². The van der Waals surface area contributed by atoms with Crippen LogP contribution < -0.4 is 5.32 Å². The van der Waals surface area contributed by atoms with E-state index in [0.717, 1.165) is 25.7 Å². The standard InChI is InChI=1S/C15H25N3O/c1-12-13(10-16-14-6-7-14)11-17-18(12)8-2-4-15-5-3-9-19-15/h11,14-16H,2-10H2,1H3. The molecule has 1 saturated heterocycles. The molecule has 1 aliphatic heterocycles. The number of hydrogen-bond acceptors (Lipinski definition) is 3. The smallest absolute Gasteiger partial charge is 0.0576 e. The summed E-state index contributed by atoms with van der Waals surface area (Å²) in [5.74, 6) is 0. The summed E-state index contributed by atoms with van der Waals surface area (Å²) >= 11 is 0. The molecule has 0 spiro atoms. The molecule has 1 atom stereocenters. The summed E-state index contributed by atoms with van der Waals surface area (Å²) in [6.07, 6.45) is 10.0. The molecule has 0 aromatic carbocycles. The lowest BCUT2D eigenvalue weighted by atomic mass is 10.1. The molecule has 106 valence electrons. The van der Waals surface area contributed by atoms with Crippen LogP contribution >= 0.6 is 0 Å². The number of nitrogens with zero attached hydrogens (tertiary/aromatic N) is 2. The van der Waals surface area contributed by atoms with Gasteiger partial charge < -0.3 is 10.1 Å². The molecule has 1 saturated carbocycles. The molecule has 1 N–H and O–H groups in total. The van der Waals surface area contributed by atoms with E-state index >= 15 is 0 Å². The molecular formula is C15H25N3O. The van der Waals surface area contributed by atoms with Crippen molar-refractivity contribution in [3.8, 4) is 0 Å². The highest BCUT2D eigenvalue weighted by Gasteiger charge is 2.21. The summed E-state index contributed by atoms with van der Waals surface area (Å²) in [6.45, 7) is 5.14. The first-order valence-electron chi connectivity index (χ1n) is 7.69. The zero-order chi connectivity index (χ0) is 13.1. The second-order valence-electron chi connectivity index (χ2n) is 5.91. The Labute approximate surface area is 115 Å². The van der Waals surface area contributed by atoms with Gasteiger partial charge >= 0.3 is 0 Å². The van der Waals surface area contributed by atoms with Crippen LogP contribution in [0.5, 0.6) is 0 Å². The lowest BCUT2D eigenvalue weighted by Crippen LogP contribution is -2.16. The first-order valence-corrected chi connectivity index (χ1v) is 7.69. The minimum Gasteiger partial charge on any atom is -0.378 e. The first-order chi connectivity index (χ1) is 9.33. The van der Waals surface area contributed by atoms with Crippen LogP contribution in [0.25, 0.3) is 0 Å². The van der Waals surface area contributed by atoms with Gasteiger partial charge in [0.1, 0.15) is 0 Å². The maximum absolute atomic E-state index is 5.66. The van der Waals surface area contributed by atoms with E-state index in [1.165, 1.54) is 49.8 Å². The normalized spacial score (nSPS) is 23.1. The monoisotopic (exact) mass is 263 g/mol. The van der Waals surface area contributed by atoms with Gasteiger partial charge in [-0.1, -0.05) is 0 Å². The van der Waals surface area contributed by atoms with E-state index in [4.69, 9.17) is 4.74 Å². The van der Waals surface area contributed by atoms with Gasteiger partial charge in [-0.3, -0.25) is 4.68 Å². The van der Waals surface area contributed by atoms with E-state index in [9.17, 15) is 0 Å². The van der Waals surface area contributed by atoms with Gasteiger partial charge in [-0.2, -0.15) is 5.10 Å². The zero-order valence-electron chi connectivity index (χ0n) is 11.9. The molecule has 2 aliphatic rings. The topological polar surface area (TPSA) is 39.1 Å². The molecule has 1 aliphatic carbocycles.